The van der Waals surface area contributed by atoms with Crippen molar-refractivity contribution < 1.29 is 22.4 Å². The van der Waals surface area contributed by atoms with Gasteiger partial charge in [0.05, 0.1) is 11.4 Å². The molecular formula is C20H25N3O5S. The highest BCUT2D eigenvalue weighted by Gasteiger charge is 2.57. The van der Waals surface area contributed by atoms with E-state index >= 15 is 0 Å². The first kappa shape index (κ1) is 19.0. The summed E-state index contributed by atoms with van der Waals surface area (Å²) in [4.78, 5) is 16.3. The maximum absolute atomic E-state index is 12.8. The fraction of sp³-hybridized carbons (Fsp3) is 0.600. The largest absolute Gasteiger partial charge is 0.449 e. The Morgan fingerprint density at radius 2 is 2.00 bits per heavy atom. The van der Waals surface area contributed by atoms with Gasteiger partial charge in [0.1, 0.15) is 0 Å². The minimum Gasteiger partial charge on any atom is -0.449 e. The SMILES string of the molecule is O=C(NCCC1[C@H]2CN(S(=O)(=O)C3CCOCC3)C[C@@H]12)c1cc2ccncc2o1. The first-order chi connectivity index (χ1) is 14.0. The molecule has 3 atom stereocenters. The molecule has 8 nitrogen and oxygen atoms in total. The predicted molar refractivity (Wildman–Crippen MR) is 106 cm³/mol. The van der Waals surface area contributed by atoms with Crippen molar-refractivity contribution in [2.45, 2.75) is 24.5 Å². The molecule has 5 rings (SSSR count). The minimum atomic E-state index is -3.20. The highest BCUT2D eigenvalue weighted by molar-refractivity contribution is 7.89. The summed E-state index contributed by atoms with van der Waals surface area (Å²) in [5.41, 5.74) is 0.597. The molecule has 1 aliphatic carbocycles. The van der Waals surface area contributed by atoms with Gasteiger partial charge in [-0.3, -0.25) is 9.78 Å². The summed E-state index contributed by atoms with van der Waals surface area (Å²) in [5.74, 6) is 1.42. The Morgan fingerprint density at radius 1 is 1.24 bits per heavy atom. The maximum Gasteiger partial charge on any atom is 0.287 e. The predicted octanol–water partition coefficient (Wildman–Crippen LogP) is 1.63. The summed E-state index contributed by atoms with van der Waals surface area (Å²) in [6.07, 6.45) is 5.32. The summed E-state index contributed by atoms with van der Waals surface area (Å²) in [5, 5.41) is 3.48. The Bertz CT molecular complexity index is 969. The molecule has 2 aromatic heterocycles. The molecule has 1 saturated carbocycles. The lowest BCUT2D eigenvalue weighted by atomic mass is 10.2. The first-order valence-electron chi connectivity index (χ1n) is 10.2. The molecule has 1 amide bonds. The molecule has 0 aromatic carbocycles. The van der Waals surface area contributed by atoms with Gasteiger partial charge < -0.3 is 14.5 Å². The standard InChI is InChI=1S/C20H25N3O5S/c24-20(18-9-13-1-5-21-10-19(13)28-18)22-6-2-15-16-11-23(12-17(15)16)29(25,26)14-3-7-27-8-4-14/h1,5,9-10,14-17H,2-4,6-8,11-12H2,(H,22,24)/t15?,16-,17+. The van der Waals surface area contributed by atoms with E-state index in [-0.39, 0.29) is 16.9 Å². The average Bonchev–Trinajstić information content (AvgIpc) is 3.11. The molecule has 0 bridgehead atoms. The third-order valence-electron chi connectivity index (χ3n) is 6.60. The summed E-state index contributed by atoms with van der Waals surface area (Å²) < 4.78 is 38.1. The van der Waals surface area contributed by atoms with Crippen molar-refractivity contribution in [2.75, 3.05) is 32.8 Å². The lowest BCUT2D eigenvalue weighted by molar-refractivity contribution is 0.0926. The third kappa shape index (κ3) is 3.55. The van der Waals surface area contributed by atoms with Crippen molar-refractivity contribution in [3.05, 3.63) is 30.3 Å². The van der Waals surface area contributed by atoms with Crippen LogP contribution in [0, 0.1) is 17.8 Å². The van der Waals surface area contributed by atoms with Gasteiger partial charge in [0.25, 0.3) is 5.91 Å². The molecule has 0 radical (unpaired) electrons. The topological polar surface area (TPSA) is 102 Å². The van der Waals surface area contributed by atoms with Gasteiger partial charge in [0.2, 0.25) is 10.0 Å². The van der Waals surface area contributed by atoms with Crippen molar-refractivity contribution in [3.63, 3.8) is 0 Å². The first-order valence-corrected chi connectivity index (χ1v) is 11.7. The number of furan rings is 1. The number of ether oxygens (including phenoxy) is 1. The van der Waals surface area contributed by atoms with Crippen LogP contribution in [0.1, 0.15) is 29.8 Å². The molecule has 0 spiro atoms. The second-order valence-electron chi connectivity index (χ2n) is 8.23. The van der Waals surface area contributed by atoms with Crippen LogP contribution >= 0.6 is 0 Å². The zero-order valence-electron chi connectivity index (χ0n) is 16.1. The summed E-state index contributed by atoms with van der Waals surface area (Å²) in [7, 11) is -3.20. The van der Waals surface area contributed by atoms with Crippen LogP contribution < -0.4 is 5.32 Å². The number of nitrogens with one attached hydrogen (secondary N) is 1. The summed E-state index contributed by atoms with van der Waals surface area (Å²) in [6, 6.07) is 3.53. The van der Waals surface area contributed by atoms with Crippen molar-refractivity contribution in [1.29, 1.82) is 0 Å². The average molecular weight is 420 g/mol. The lowest BCUT2D eigenvalue weighted by Gasteiger charge is -2.28. The number of rotatable bonds is 6. The summed E-state index contributed by atoms with van der Waals surface area (Å²) >= 11 is 0. The van der Waals surface area contributed by atoms with E-state index in [4.69, 9.17) is 9.15 Å². The van der Waals surface area contributed by atoms with E-state index in [1.807, 2.05) is 0 Å². The molecule has 1 N–H and O–H groups in total. The quantitative estimate of drug-likeness (QED) is 0.764. The number of amides is 1. The zero-order valence-corrected chi connectivity index (χ0v) is 16.9. The van der Waals surface area contributed by atoms with Gasteiger partial charge in [-0.15, -0.1) is 0 Å². The van der Waals surface area contributed by atoms with Crippen LogP contribution in [-0.2, 0) is 14.8 Å². The highest BCUT2D eigenvalue weighted by Crippen LogP contribution is 2.54. The molecule has 2 saturated heterocycles. The molecule has 4 heterocycles. The lowest BCUT2D eigenvalue weighted by Crippen LogP contribution is -2.41. The number of hydrogen-bond donors (Lipinski definition) is 1. The molecular weight excluding hydrogens is 394 g/mol. The number of carbonyl (C=O) groups excluding carboxylic acids is 1. The van der Waals surface area contributed by atoms with Crippen LogP contribution in [0.5, 0.6) is 0 Å². The Balaban J connectivity index is 1.09. The van der Waals surface area contributed by atoms with E-state index in [0.717, 1.165) is 11.8 Å². The number of piperidine rings is 1. The van der Waals surface area contributed by atoms with Crippen molar-refractivity contribution in [1.82, 2.24) is 14.6 Å². The van der Waals surface area contributed by atoms with E-state index in [2.05, 4.69) is 10.3 Å². The number of pyridine rings is 1. The van der Waals surface area contributed by atoms with Crippen LogP contribution in [-0.4, -0.2) is 61.7 Å². The summed E-state index contributed by atoms with van der Waals surface area (Å²) in [6.45, 7) is 2.89. The van der Waals surface area contributed by atoms with Crippen LogP contribution in [0.3, 0.4) is 0 Å². The van der Waals surface area contributed by atoms with Gasteiger partial charge in [-0.2, -0.15) is 0 Å². The van der Waals surface area contributed by atoms with E-state index in [0.29, 0.717) is 69.0 Å². The minimum absolute atomic E-state index is 0.226. The molecule has 29 heavy (non-hydrogen) atoms. The van der Waals surface area contributed by atoms with Gasteiger partial charge in [-0.05, 0) is 49.1 Å². The van der Waals surface area contributed by atoms with Gasteiger partial charge in [0.15, 0.2) is 11.3 Å². The molecule has 3 aliphatic rings. The zero-order chi connectivity index (χ0) is 20.0. The molecule has 2 aromatic rings. The third-order valence-corrected chi connectivity index (χ3v) is 8.93. The van der Waals surface area contributed by atoms with Crippen molar-refractivity contribution in [2.24, 2.45) is 17.8 Å². The monoisotopic (exact) mass is 419 g/mol. The Hall–Kier alpha value is -1.97. The number of aromatic nitrogens is 1. The van der Waals surface area contributed by atoms with E-state index in [9.17, 15) is 13.2 Å². The van der Waals surface area contributed by atoms with Crippen LogP contribution in [0.2, 0.25) is 0 Å². The molecule has 156 valence electrons. The second kappa shape index (κ2) is 7.37. The Kier molecular flexibility index (Phi) is 4.84. The fourth-order valence-corrected chi connectivity index (χ4v) is 6.84. The highest BCUT2D eigenvalue weighted by atomic mass is 32.2. The molecule has 2 aliphatic heterocycles. The number of fused-ring (bicyclic) bond motifs is 2. The van der Waals surface area contributed by atoms with Gasteiger partial charge in [0, 0.05) is 44.4 Å². The molecule has 9 heteroatoms. The number of carbonyl (C=O) groups is 1. The van der Waals surface area contributed by atoms with Crippen LogP contribution in [0.15, 0.2) is 28.9 Å². The molecule has 1 unspecified atom stereocenters. The van der Waals surface area contributed by atoms with E-state index < -0.39 is 10.0 Å². The fourth-order valence-electron chi connectivity index (χ4n) is 4.87. The second-order valence-corrected chi connectivity index (χ2v) is 10.4. The molecule has 3 fully saturated rings. The van der Waals surface area contributed by atoms with Gasteiger partial charge in [-0.1, -0.05) is 0 Å². The van der Waals surface area contributed by atoms with E-state index in [1.165, 1.54) is 0 Å². The van der Waals surface area contributed by atoms with Crippen molar-refractivity contribution >= 4 is 26.9 Å². The number of hydrogen-bond acceptors (Lipinski definition) is 6. The van der Waals surface area contributed by atoms with Crippen LogP contribution in [0.4, 0.5) is 0 Å². The van der Waals surface area contributed by atoms with Gasteiger partial charge in [-0.25, -0.2) is 12.7 Å². The Labute approximate surface area is 169 Å². The Morgan fingerprint density at radius 3 is 2.72 bits per heavy atom. The number of nitrogens with zero attached hydrogens (tertiary/aromatic N) is 2. The van der Waals surface area contributed by atoms with E-state index in [1.54, 1.807) is 28.8 Å². The maximum atomic E-state index is 12.8. The number of sulfonamides is 1. The smallest absolute Gasteiger partial charge is 0.287 e. The van der Waals surface area contributed by atoms with Crippen LogP contribution in [0.25, 0.3) is 11.0 Å². The van der Waals surface area contributed by atoms with Crippen molar-refractivity contribution in [3.8, 4) is 0 Å². The normalized spacial score (nSPS) is 27.8. The van der Waals surface area contributed by atoms with Gasteiger partial charge >= 0.3 is 0 Å².